The zero-order chi connectivity index (χ0) is 19.2. The van der Waals surface area contributed by atoms with Crippen molar-refractivity contribution in [2.45, 2.75) is 23.8 Å². The summed E-state index contributed by atoms with van der Waals surface area (Å²) in [6.45, 7) is 2.05. The summed E-state index contributed by atoms with van der Waals surface area (Å²) in [6.07, 6.45) is 0.602. The Morgan fingerprint density at radius 3 is 2.23 bits per heavy atom. The van der Waals surface area contributed by atoms with E-state index in [0.29, 0.717) is 12.2 Å². The Bertz CT molecular complexity index is 817. The van der Waals surface area contributed by atoms with Gasteiger partial charge in [0.15, 0.2) is 0 Å². The maximum atomic E-state index is 12.9. The van der Waals surface area contributed by atoms with E-state index >= 15 is 0 Å². The van der Waals surface area contributed by atoms with Crippen LogP contribution in [0.15, 0.2) is 53.4 Å². The average molecular weight is 379 g/mol. The summed E-state index contributed by atoms with van der Waals surface area (Å²) in [6, 6.07) is 14.2. The van der Waals surface area contributed by atoms with Gasteiger partial charge in [-0.25, -0.2) is 13.1 Å². The van der Waals surface area contributed by atoms with E-state index in [1.807, 2.05) is 37.3 Å². The predicted molar refractivity (Wildman–Crippen MR) is 100 cm³/mol. The second kappa shape index (κ2) is 8.53. The highest BCUT2D eigenvalue weighted by atomic mass is 32.2. The van der Waals surface area contributed by atoms with Gasteiger partial charge in [-0.2, -0.15) is 0 Å². The minimum atomic E-state index is -3.83. The van der Waals surface area contributed by atoms with Crippen LogP contribution in [0.2, 0.25) is 0 Å². The first-order valence-electron chi connectivity index (χ1n) is 8.25. The molecule has 0 aromatic heterocycles. The number of rotatable bonds is 9. The first-order chi connectivity index (χ1) is 12.4. The summed E-state index contributed by atoms with van der Waals surface area (Å²) in [5.74, 6) is 0.681. The first kappa shape index (κ1) is 20.2. The van der Waals surface area contributed by atoms with Crippen molar-refractivity contribution in [2.24, 2.45) is 0 Å². The summed E-state index contributed by atoms with van der Waals surface area (Å²) < 4.78 is 44.5. The molecular weight excluding hydrogens is 354 g/mol. The van der Waals surface area contributed by atoms with E-state index in [2.05, 4.69) is 4.72 Å². The van der Waals surface area contributed by atoms with E-state index in [1.165, 1.54) is 20.3 Å². The molecule has 2 rings (SSSR count). The second-order valence-electron chi connectivity index (χ2n) is 5.76. The third kappa shape index (κ3) is 4.17. The zero-order valence-electron chi connectivity index (χ0n) is 15.5. The molecule has 0 heterocycles. The molecule has 26 heavy (non-hydrogen) atoms. The molecule has 142 valence electrons. The lowest BCUT2D eigenvalue weighted by molar-refractivity contribution is -0.0133. The number of ether oxygens (including phenoxy) is 3. The Morgan fingerprint density at radius 1 is 1.00 bits per heavy atom. The molecule has 0 aliphatic rings. The molecule has 7 heteroatoms. The predicted octanol–water partition coefficient (Wildman–Crippen LogP) is 2.93. The molecule has 1 unspecified atom stereocenters. The van der Waals surface area contributed by atoms with Gasteiger partial charge in [-0.15, -0.1) is 0 Å². The maximum Gasteiger partial charge on any atom is 0.244 e. The van der Waals surface area contributed by atoms with Crippen LogP contribution in [0.4, 0.5) is 0 Å². The van der Waals surface area contributed by atoms with Gasteiger partial charge in [0.25, 0.3) is 0 Å². The van der Waals surface area contributed by atoms with Crippen LogP contribution in [-0.2, 0) is 20.4 Å². The van der Waals surface area contributed by atoms with Crippen LogP contribution in [0.5, 0.6) is 11.5 Å². The molecule has 0 aliphatic carbocycles. The van der Waals surface area contributed by atoms with Gasteiger partial charge in [-0.05, 0) is 24.1 Å². The van der Waals surface area contributed by atoms with Gasteiger partial charge in [0.1, 0.15) is 22.0 Å². The molecule has 2 aromatic rings. The molecule has 0 amide bonds. The van der Waals surface area contributed by atoms with Crippen molar-refractivity contribution in [3.63, 3.8) is 0 Å². The molecule has 6 nitrogen and oxygen atoms in total. The zero-order valence-corrected chi connectivity index (χ0v) is 16.3. The number of hydrogen-bond donors (Lipinski definition) is 1. The molecule has 0 radical (unpaired) electrons. The van der Waals surface area contributed by atoms with E-state index in [-0.39, 0.29) is 17.2 Å². The van der Waals surface area contributed by atoms with Crippen molar-refractivity contribution in [2.75, 3.05) is 27.9 Å². The van der Waals surface area contributed by atoms with Gasteiger partial charge in [-0.3, -0.25) is 0 Å². The number of sulfonamides is 1. The molecule has 0 spiro atoms. The number of hydrogen-bond acceptors (Lipinski definition) is 5. The van der Waals surface area contributed by atoms with Gasteiger partial charge in [-0.1, -0.05) is 37.3 Å². The number of benzene rings is 2. The highest BCUT2D eigenvalue weighted by Gasteiger charge is 2.32. The topological polar surface area (TPSA) is 73.9 Å². The Morgan fingerprint density at radius 2 is 1.69 bits per heavy atom. The van der Waals surface area contributed by atoms with E-state index in [9.17, 15) is 8.42 Å². The van der Waals surface area contributed by atoms with Gasteiger partial charge >= 0.3 is 0 Å². The van der Waals surface area contributed by atoms with Crippen molar-refractivity contribution in [1.29, 1.82) is 0 Å². The Hall–Kier alpha value is -2.09. The average Bonchev–Trinajstić information content (AvgIpc) is 2.69. The van der Waals surface area contributed by atoms with Crippen LogP contribution in [0.1, 0.15) is 18.9 Å². The lowest BCUT2D eigenvalue weighted by Gasteiger charge is -2.32. The van der Waals surface area contributed by atoms with Crippen LogP contribution in [0.3, 0.4) is 0 Å². The summed E-state index contributed by atoms with van der Waals surface area (Å²) >= 11 is 0. The van der Waals surface area contributed by atoms with Crippen LogP contribution in [-0.4, -0.2) is 36.3 Å². The van der Waals surface area contributed by atoms with Gasteiger partial charge < -0.3 is 14.2 Å². The van der Waals surface area contributed by atoms with Crippen molar-refractivity contribution in [3.8, 4) is 11.5 Å². The van der Waals surface area contributed by atoms with E-state index < -0.39 is 15.6 Å². The molecule has 1 atom stereocenters. The van der Waals surface area contributed by atoms with Gasteiger partial charge in [0.05, 0.1) is 14.2 Å². The quantitative estimate of drug-likeness (QED) is 0.725. The molecular formula is C19H25NO5S. The van der Waals surface area contributed by atoms with Crippen molar-refractivity contribution >= 4 is 10.0 Å². The SMILES string of the molecule is CCC(CNS(=O)(=O)c1cc(OC)ccc1OC)(OC)c1ccccc1. The summed E-state index contributed by atoms with van der Waals surface area (Å²) in [5, 5.41) is 0. The van der Waals surface area contributed by atoms with Crippen LogP contribution >= 0.6 is 0 Å². The highest BCUT2D eigenvalue weighted by molar-refractivity contribution is 7.89. The minimum absolute atomic E-state index is 0.0218. The van der Waals surface area contributed by atoms with E-state index in [0.717, 1.165) is 5.56 Å². The minimum Gasteiger partial charge on any atom is -0.497 e. The Kier molecular flexibility index (Phi) is 6.63. The molecule has 2 aromatic carbocycles. The lowest BCUT2D eigenvalue weighted by atomic mass is 9.91. The molecule has 0 saturated carbocycles. The van der Waals surface area contributed by atoms with Crippen LogP contribution in [0, 0.1) is 0 Å². The highest BCUT2D eigenvalue weighted by Crippen LogP contribution is 2.31. The van der Waals surface area contributed by atoms with Crippen LogP contribution < -0.4 is 14.2 Å². The van der Waals surface area contributed by atoms with Crippen LogP contribution in [0.25, 0.3) is 0 Å². The third-order valence-corrected chi connectivity index (χ3v) is 5.89. The standard InChI is InChI=1S/C19H25NO5S/c1-5-19(25-4,15-9-7-6-8-10-15)14-20-26(21,22)18-13-16(23-2)11-12-17(18)24-3/h6-13,20H,5,14H2,1-4H3. The molecule has 0 aliphatic heterocycles. The van der Waals surface area contributed by atoms with Crippen molar-refractivity contribution in [1.82, 2.24) is 4.72 Å². The molecule has 0 bridgehead atoms. The van der Waals surface area contributed by atoms with Crippen molar-refractivity contribution < 1.29 is 22.6 Å². The first-order valence-corrected chi connectivity index (χ1v) is 9.73. The fourth-order valence-corrected chi connectivity index (χ4v) is 4.06. The summed E-state index contributed by atoms with van der Waals surface area (Å²) in [5.41, 5.74) is 0.144. The maximum absolute atomic E-state index is 12.9. The monoisotopic (exact) mass is 379 g/mol. The van der Waals surface area contributed by atoms with E-state index in [4.69, 9.17) is 14.2 Å². The second-order valence-corrected chi connectivity index (χ2v) is 7.49. The smallest absolute Gasteiger partial charge is 0.244 e. The number of nitrogens with one attached hydrogen (secondary N) is 1. The van der Waals surface area contributed by atoms with Gasteiger partial charge in [0, 0.05) is 19.7 Å². The molecule has 0 saturated heterocycles. The van der Waals surface area contributed by atoms with E-state index in [1.54, 1.807) is 19.2 Å². The summed E-state index contributed by atoms with van der Waals surface area (Å²) in [4.78, 5) is 0.0218. The summed E-state index contributed by atoms with van der Waals surface area (Å²) in [7, 11) is 0.655. The normalized spacial score (nSPS) is 13.8. The largest absolute Gasteiger partial charge is 0.497 e. The Labute approximate surface area is 155 Å². The lowest BCUT2D eigenvalue weighted by Crippen LogP contribution is -2.41. The fourth-order valence-electron chi connectivity index (χ4n) is 2.79. The van der Waals surface area contributed by atoms with Crippen molar-refractivity contribution in [3.05, 3.63) is 54.1 Å². The molecule has 1 N–H and O–H groups in total. The van der Waals surface area contributed by atoms with Gasteiger partial charge in [0.2, 0.25) is 10.0 Å². The molecule has 0 fully saturated rings. The number of methoxy groups -OCH3 is 3. The Balaban J connectivity index is 2.34. The fraction of sp³-hybridized carbons (Fsp3) is 0.368. The third-order valence-electron chi connectivity index (χ3n) is 4.47.